The molecule has 0 radical (unpaired) electrons. The molecule has 1 saturated heterocycles. The summed E-state index contributed by atoms with van der Waals surface area (Å²) in [6.45, 7) is 0.970. The maximum absolute atomic E-state index is 13.0. The van der Waals surface area contributed by atoms with Crippen LogP contribution in [-0.4, -0.2) is 39.5 Å². The molecule has 2 N–H and O–H groups in total. The highest BCUT2D eigenvalue weighted by Gasteiger charge is 2.33. The number of benzene rings is 1. The van der Waals surface area contributed by atoms with Crippen LogP contribution in [-0.2, 0) is 11.3 Å². The summed E-state index contributed by atoms with van der Waals surface area (Å²) in [5.74, 6) is -1.18. The Morgan fingerprint density at radius 3 is 2.72 bits per heavy atom. The predicted octanol–water partition coefficient (Wildman–Crippen LogP) is 2.77. The Kier molecular flexibility index (Phi) is 5.28. The number of likely N-dealkylation sites (tertiary alicyclic amines) is 1. The summed E-state index contributed by atoms with van der Waals surface area (Å²) in [4.78, 5) is 30.2. The van der Waals surface area contributed by atoms with E-state index in [9.17, 15) is 14.7 Å². The lowest BCUT2D eigenvalue weighted by atomic mass is 10.0. The van der Waals surface area contributed by atoms with Crippen LogP contribution in [0.2, 0.25) is 0 Å². The summed E-state index contributed by atoms with van der Waals surface area (Å²) in [6.07, 6.45) is 3.89. The first-order valence-electron chi connectivity index (χ1n) is 8.43. The fraction of sp³-hybridized carbons (Fsp3) is 0.316. The second kappa shape index (κ2) is 7.79. The van der Waals surface area contributed by atoms with Gasteiger partial charge in [0.1, 0.15) is 6.04 Å². The van der Waals surface area contributed by atoms with E-state index < -0.39 is 12.0 Å². The number of carboxylic acids is 1. The number of carbonyl (C=O) groups excluding carboxylic acids is 1. The van der Waals surface area contributed by atoms with E-state index >= 15 is 0 Å². The first-order chi connectivity index (χ1) is 12.2. The van der Waals surface area contributed by atoms with Crippen LogP contribution in [0.25, 0.3) is 0 Å². The number of piperidine rings is 1. The molecule has 25 heavy (non-hydrogen) atoms. The lowest BCUT2D eigenvalue weighted by Crippen LogP contribution is -2.48. The number of amides is 1. The van der Waals surface area contributed by atoms with Crippen molar-refractivity contribution in [2.75, 3.05) is 11.9 Å². The molecule has 130 valence electrons. The Morgan fingerprint density at radius 1 is 1.16 bits per heavy atom. The molecule has 0 bridgehead atoms. The zero-order valence-corrected chi connectivity index (χ0v) is 13.9. The van der Waals surface area contributed by atoms with Crippen LogP contribution in [0.4, 0.5) is 5.69 Å². The van der Waals surface area contributed by atoms with E-state index in [2.05, 4.69) is 10.3 Å². The molecule has 0 aliphatic carbocycles. The Balaban J connectivity index is 1.79. The van der Waals surface area contributed by atoms with Crippen LogP contribution in [0, 0.1) is 0 Å². The average molecular weight is 339 g/mol. The molecule has 2 heterocycles. The van der Waals surface area contributed by atoms with Crippen molar-refractivity contribution in [2.45, 2.75) is 31.8 Å². The fourth-order valence-corrected chi connectivity index (χ4v) is 3.10. The van der Waals surface area contributed by atoms with Crippen molar-refractivity contribution in [1.29, 1.82) is 0 Å². The number of nitrogens with one attached hydrogen (secondary N) is 1. The number of aliphatic carboxylic acids is 1. The number of nitrogens with zero attached hydrogens (tertiary/aromatic N) is 2. The van der Waals surface area contributed by atoms with E-state index in [1.165, 1.54) is 4.90 Å². The van der Waals surface area contributed by atoms with Gasteiger partial charge in [-0.1, -0.05) is 18.2 Å². The van der Waals surface area contributed by atoms with Crippen molar-refractivity contribution >= 4 is 17.6 Å². The molecule has 1 aromatic carbocycles. The van der Waals surface area contributed by atoms with E-state index in [0.29, 0.717) is 30.8 Å². The van der Waals surface area contributed by atoms with Crippen LogP contribution in [0.5, 0.6) is 0 Å². The summed E-state index contributed by atoms with van der Waals surface area (Å²) in [6, 6.07) is 12.1. The zero-order chi connectivity index (χ0) is 17.6. The molecule has 1 aliphatic heterocycles. The van der Waals surface area contributed by atoms with Crippen molar-refractivity contribution in [2.24, 2.45) is 0 Å². The van der Waals surface area contributed by atoms with Gasteiger partial charge in [0, 0.05) is 18.4 Å². The number of carbonyl (C=O) groups is 2. The van der Waals surface area contributed by atoms with Crippen molar-refractivity contribution in [3.05, 3.63) is 59.9 Å². The van der Waals surface area contributed by atoms with Gasteiger partial charge < -0.3 is 15.3 Å². The van der Waals surface area contributed by atoms with Gasteiger partial charge in [-0.15, -0.1) is 0 Å². The van der Waals surface area contributed by atoms with Gasteiger partial charge in [0.2, 0.25) is 0 Å². The van der Waals surface area contributed by atoms with Gasteiger partial charge >= 0.3 is 5.97 Å². The topological polar surface area (TPSA) is 82.5 Å². The van der Waals surface area contributed by atoms with Gasteiger partial charge in [-0.25, -0.2) is 4.79 Å². The quantitative estimate of drug-likeness (QED) is 0.875. The third kappa shape index (κ3) is 3.96. The third-order valence-electron chi connectivity index (χ3n) is 4.39. The van der Waals surface area contributed by atoms with Crippen molar-refractivity contribution in [3.63, 3.8) is 0 Å². The first kappa shape index (κ1) is 17.0. The normalized spacial score (nSPS) is 17.1. The minimum atomic E-state index is -0.938. The molecule has 1 amide bonds. The maximum atomic E-state index is 13.0. The zero-order valence-electron chi connectivity index (χ0n) is 13.9. The van der Waals surface area contributed by atoms with Crippen LogP contribution in [0.15, 0.2) is 48.7 Å². The lowest BCUT2D eigenvalue weighted by Gasteiger charge is -2.33. The summed E-state index contributed by atoms with van der Waals surface area (Å²) < 4.78 is 0. The van der Waals surface area contributed by atoms with Gasteiger partial charge in [0.15, 0.2) is 0 Å². The second-order valence-electron chi connectivity index (χ2n) is 6.07. The SMILES string of the molecule is O=C(O)C1CCCCN1C(=O)c1ccccc1NCc1ccccn1. The molecule has 1 aromatic heterocycles. The minimum absolute atomic E-state index is 0.240. The summed E-state index contributed by atoms with van der Waals surface area (Å²) in [7, 11) is 0. The monoisotopic (exact) mass is 339 g/mol. The predicted molar refractivity (Wildman–Crippen MR) is 94.3 cm³/mol. The van der Waals surface area contributed by atoms with Gasteiger partial charge in [-0.2, -0.15) is 0 Å². The highest BCUT2D eigenvalue weighted by molar-refractivity contribution is 6.01. The van der Waals surface area contributed by atoms with E-state index in [1.807, 2.05) is 30.3 Å². The van der Waals surface area contributed by atoms with Gasteiger partial charge in [-0.3, -0.25) is 9.78 Å². The molecule has 0 spiro atoms. The lowest BCUT2D eigenvalue weighted by molar-refractivity contribution is -0.143. The van der Waals surface area contributed by atoms with Gasteiger partial charge in [0.05, 0.1) is 17.8 Å². The number of pyridine rings is 1. The standard InChI is InChI=1S/C19H21N3O3/c23-18(22-12-6-4-10-17(22)19(24)25)15-8-1-2-9-16(15)21-13-14-7-3-5-11-20-14/h1-3,5,7-9,11,17,21H,4,6,10,12-13H2,(H,24,25). The number of anilines is 1. The van der Waals surface area contributed by atoms with Gasteiger partial charge in [-0.05, 0) is 43.5 Å². The Morgan fingerprint density at radius 2 is 1.96 bits per heavy atom. The molecule has 6 nitrogen and oxygen atoms in total. The molecule has 1 atom stereocenters. The van der Waals surface area contributed by atoms with Crippen LogP contribution in [0.3, 0.4) is 0 Å². The highest BCUT2D eigenvalue weighted by atomic mass is 16.4. The number of hydrogen-bond donors (Lipinski definition) is 2. The molecule has 1 unspecified atom stereocenters. The van der Waals surface area contributed by atoms with Gasteiger partial charge in [0.25, 0.3) is 5.91 Å². The van der Waals surface area contributed by atoms with Crippen molar-refractivity contribution in [1.82, 2.24) is 9.88 Å². The van der Waals surface area contributed by atoms with E-state index in [0.717, 1.165) is 18.5 Å². The molecule has 1 aliphatic rings. The summed E-state index contributed by atoms with van der Waals surface area (Å²) in [5.41, 5.74) is 2.05. The molecule has 1 fully saturated rings. The Labute approximate surface area is 146 Å². The molecule has 2 aromatic rings. The fourth-order valence-electron chi connectivity index (χ4n) is 3.10. The Hall–Kier alpha value is -2.89. The van der Waals surface area contributed by atoms with Crippen LogP contribution in [0.1, 0.15) is 35.3 Å². The van der Waals surface area contributed by atoms with E-state index in [4.69, 9.17) is 0 Å². The number of hydrogen-bond acceptors (Lipinski definition) is 4. The first-order valence-corrected chi connectivity index (χ1v) is 8.43. The smallest absolute Gasteiger partial charge is 0.326 e. The molecule has 6 heteroatoms. The third-order valence-corrected chi connectivity index (χ3v) is 4.39. The molecular formula is C19H21N3O3. The number of aromatic nitrogens is 1. The summed E-state index contributed by atoms with van der Waals surface area (Å²) >= 11 is 0. The number of carboxylic acid groups (broad SMARTS) is 1. The maximum Gasteiger partial charge on any atom is 0.326 e. The highest BCUT2D eigenvalue weighted by Crippen LogP contribution is 2.24. The molecular weight excluding hydrogens is 318 g/mol. The van der Waals surface area contributed by atoms with E-state index in [-0.39, 0.29) is 5.91 Å². The van der Waals surface area contributed by atoms with Crippen molar-refractivity contribution < 1.29 is 14.7 Å². The Bertz CT molecular complexity index is 749. The number of para-hydroxylation sites is 1. The van der Waals surface area contributed by atoms with Crippen LogP contribution >= 0.6 is 0 Å². The van der Waals surface area contributed by atoms with Crippen molar-refractivity contribution in [3.8, 4) is 0 Å². The second-order valence-corrected chi connectivity index (χ2v) is 6.07. The van der Waals surface area contributed by atoms with E-state index in [1.54, 1.807) is 18.3 Å². The molecule has 0 saturated carbocycles. The molecule has 3 rings (SSSR count). The van der Waals surface area contributed by atoms with Crippen LogP contribution < -0.4 is 5.32 Å². The minimum Gasteiger partial charge on any atom is -0.480 e. The largest absolute Gasteiger partial charge is 0.480 e. The average Bonchev–Trinajstić information content (AvgIpc) is 2.67. The summed E-state index contributed by atoms with van der Waals surface area (Å²) in [5, 5.41) is 12.6. The number of rotatable bonds is 5.